The second-order valence-corrected chi connectivity index (χ2v) is 6.45. The molecular weight excluding hydrogens is 314 g/mol. The molecule has 1 aromatic heterocycles. The molecule has 0 spiro atoms. The van der Waals surface area contributed by atoms with Gasteiger partial charge in [-0.25, -0.2) is 0 Å². The Hall–Kier alpha value is -1.78. The molecule has 2 aromatic carbocycles. The van der Waals surface area contributed by atoms with Crippen molar-refractivity contribution in [2.45, 2.75) is 24.8 Å². The van der Waals surface area contributed by atoms with Crippen molar-refractivity contribution in [2.75, 3.05) is 0 Å². The van der Waals surface area contributed by atoms with E-state index < -0.39 is 0 Å². The van der Waals surface area contributed by atoms with E-state index in [-0.39, 0.29) is 0 Å². The quantitative estimate of drug-likeness (QED) is 0.642. The lowest BCUT2D eigenvalue weighted by molar-refractivity contribution is 0.862. The van der Waals surface area contributed by atoms with Crippen molar-refractivity contribution in [2.24, 2.45) is 0 Å². The Bertz CT molecular complexity index is 781. The first-order chi connectivity index (χ1) is 10.6. The summed E-state index contributed by atoms with van der Waals surface area (Å²) in [5, 5.41) is 10.2. The van der Waals surface area contributed by atoms with Crippen molar-refractivity contribution in [3.63, 3.8) is 0 Å². The van der Waals surface area contributed by atoms with E-state index in [1.54, 1.807) is 11.8 Å². The van der Waals surface area contributed by atoms with Crippen LogP contribution in [0.3, 0.4) is 0 Å². The molecule has 0 aliphatic rings. The van der Waals surface area contributed by atoms with Crippen LogP contribution in [0, 0.1) is 13.8 Å². The Balaban J connectivity index is 1.86. The first-order valence-electron chi connectivity index (χ1n) is 7.00. The van der Waals surface area contributed by atoms with Gasteiger partial charge in [-0.05, 0) is 43.2 Å². The zero-order chi connectivity index (χ0) is 15.5. The number of aromatic nitrogens is 3. The monoisotopic (exact) mass is 329 g/mol. The Morgan fingerprint density at radius 3 is 2.45 bits per heavy atom. The second-order valence-electron chi connectivity index (χ2n) is 5.07. The maximum absolute atomic E-state index is 5.92. The lowest BCUT2D eigenvalue weighted by atomic mass is 10.2. The minimum Gasteiger partial charge on any atom is -0.274 e. The molecule has 0 bridgehead atoms. The van der Waals surface area contributed by atoms with Crippen LogP contribution in [-0.2, 0) is 5.75 Å². The van der Waals surface area contributed by atoms with Gasteiger partial charge in [0, 0.05) is 10.8 Å². The summed E-state index contributed by atoms with van der Waals surface area (Å²) in [6.45, 7) is 4.08. The number of hydrogen-bond acceptors (Lipinski definition) is 3. The molecule has 112 valence electrons. The molecule has 0 saturated heterocycles. The number of rotatable bonds is 4. The van der Waals surface area contributed by atoms with Crippen molar-refractivity contribution < 1.29 is 0 Å². The molecule has 0 fully saturated rings. The molecule has 0 amide bonds. The first-order valence-corrected chi connectivity index (χ1v) is 8.37. The van der Waals surface area contributed by atoms with Gasteiger partial charge in [0.1, 0.15) is 5.82 Å². The molecule has 0 saturated carbocycles. The summed E-state index contributed by atoms with van der Waals surface area (Å²) in [6.07, 6.45) is 0. The summed E-state index contributed by atoms with van der Waals surface area (Å²) < 4.78 is 2.11. The number of nitrogens with zero attached hydrogens (tertiary/aromatic N) is 3. The molecule has 3 nitrogen and oxygen atoms in total. The van der Waals surface area contributed by atoms with Crippen molar-refractivity contribution in [3.8, 4) is 5.69 Å². The fourth-order valence-corrected chi connectivity index (χ4v) is 3.33. The normalized spacial score (nSPS) is 10.9. The summed E-state index contributed by atoms with van der Waals surface area (Å²) in [4.78, 5) is 0. The van der Waals surface area contributed by atoms with Crippen molar-refractivity contribution in [3.05, 3.63) is 70.5 Å². The van der Waals surface area contributed by atoms with E-state index in [1.807, 2.05) is 43.3 Å². The molecule has 5 heteroatoms. The van der Waals surface area contributed by atoms with Crippen LogP contribution < -0.4 is 0 Å². The summed E-state index contributed by atoms with van der Waals surface area (Å²) >= 11 is 7.60. The number of halogens is 1. The van der Waals surface area contributed by atoms with Gasteiger partial charge in [0.25, 0.3) is 0 Å². The molecule has 3 rings (SSSR count). The van der Waals surface area contributed by atoms with Crippen LogP contribution in [0.2, 0.25) is 5.02 Å². The molecule has 0 N–H and O–H groups in total. The van der Waals surface area contributed by atoms with Crippen LogP contribution in [-0.4, -0.2) is 14.8 Å². The molecule has 0 atom stereocenters. The molecule has 0 aliphatic heterocycles. The van der Waals surface area contributed by atoms with E-state index in [1.165, 1.54) is 11.1 Å². The zero-order valence-corrected chi connectivity index (χ0v) is 14.0. The SMILES string of the molecule is Cc1ccccc1-n1c(C)nnc1SCc1ccc(Cl)cc1. The van der Waals surface area contributed by atoms with E-state index in [0.29, 0.717) is 0 Å². The highest BCUT2D eigenvalue weighted by molar-refractivity contribution is 7.98. The van der Waals surface area contributed by atoms with Gasteiger partial charge in [-0.15, -0.1) is 10.2 Å². The maximum atomic E-state index is 5.92. The molecule has 0 aliphatic carbocycles. The third kappa shape index (κ3) is 3.18. The van der Waals surface area contributed by atoms with Gasteiger partial charge in [-0.1, -0.05) is 53.7 Å². The standard InChI is InChI=1S/C17H16ClN3S/c1-12-5-3-4-6-16(12)21-13(2)19-20-17(21)22-11-14-7-9-15(18)10-8-14/h3-10H,11H2,1-2H3. The molecular formula is C17H16ClN3S. The number of aryl methyl sites for hydroxylation is 2. The number of benzene rings is 2. The Morgan fingerprint density at radius 1 is 1.00 bits per heavy atom. The van der Waals surface area contributed by atoms with Gasteiger partial charge < -0.3 is 0 Å². The van der Waals surface area contributed by atoms with Gasteiger partial charge in [-0.3, -0.25) is 4.57 Å². The van der Waals surface area contributed by atoms with Gasteiger partial charge in [-0.2, -0.15) is 0 Å². The van der Waals surface area contributed by atoms with Gasteiger partial charge >= 0.3 is 0 Å². The smallest absolute Gasteiger partial charge is 0.196 e. The van der Waals surface area contributed by atoms with Crippen LogP contribution in [0.25, 0.3) is 5.69 Å². The minimum absolute atomic E-state index is 0.757. The molecule has 3 aromatic rings. The fourth-order valence-electron chi connectivity index (χ4n) is 2.26. The van der Waals surface area contributed by atoms with Gasteiger partial charge in [0.15, 0.2) is 5.16 Å². The average Bonchev–Trinajstić information content (AvgIpc) is 2.88. The highest BCUT2D eigenvalue weighted by Crippen LogP contribution is 2.26. The van der Waals surface area contributed by atoms with E-state index >= 15 is 0 Å². The topological polar surface area (TPSA) is 30.7 Å². The zero-order valence-electron chi connectivity index (χ0n) is 12.5. The van der Waals surface area contributed by atoms with Crippen LogP contribution in [0.5, 0.6) is 0 Å². The largest absolute Gasteiger partial charge is 0.274 e. The predicted molar refractivity (Wildman–Crippen MR) is 91.8 cm³/mol. The predicted octanol–water partition coefficient (Wildman–Crippen LogP) is 4.83. The molecule has 0 radical (unpaired) electrons. The summed E-state index contributed by atoms with van der Waals surface area (Å²) in [5.41, 5.74) is 3.55. The van der Waals surface area contributed by atoms with E-state index in [0.717, 1.165) is 27.4 Å². The van der Waals surface area contributed by atoms with Gasteiger partial charge in [0.2, 0.25) is 0 Å². The highest BCUT2D eigenvalue weighted by Gasteiger charge is 2.13. The fraction of sp³-hybridized carbons (Fsp3) is 0.176. The second kappa shape index (κ2) is 6.55. The molecule has 1 heterocycles. The van der Waals surface area contributed by atoms with E-state index in [2.05, 4.69) is 33.8 Å². The van der Waals surface area contributed by atoms with Crippen molar-refractivity contribution in [1.82, 2.24) is 14.8 Å². The number of hydrogen-bond donors (Lipinski definition) is 0. The Morgan fingerprint density at radius 2 is 1.73 bits per heavy atom. The van der Waals surface area contributed by atoms with Gasteiger partial charge in [0.05, 0.1) is 5.69 Å². The number of para-hydroxylation sites is 1. The highest BCUT2D eigenvalue weighted by atomic mass is 35.5. The van der Waals surface area contributed by atoms with Crippen molar-refractivity contribution >= 4 is 23.4 Å². The third-order valence-electron chi connectivity index (χ3n) is 3.43. The summed E-state index contributed by atoms with van der Waals surface area (Å²) in [5.74, 6) is 1.73. The lowest BCUT2D eigenvalue weighted by Gasteiger charge is -2.11. The van der Waals surface area contributed by atoms with Crippen LogP contribution in [0.1, 0.15) is 17.0 Å². The average molecular weight is 330 g/mol. The summed E-state index contributed by atoms with van der Waals surface area (Å²) in [7, 11) is 0. The third-order valence-corrected chi connectivity index (χ3v) is 4.68. The van der Waals surface area contributed by atoms with Crippen LogP contribution in [0.4, 0.5) is 0 Å². The van der Waals surface area contributed by atoms with Crippen molar-refractivity contribution in [1.29, 1.82) is 0 Å². The minimum atomic E-state index is 0.757. The number of thioether (sulfide) groups is 1. The molecule has 22 heavy (non-hydrogen) atoms. The summed E-state index contributed by atoms with van der Waals surface area (Å²) in [6, 6.07) is 16.2. The Labute approximate surface area is 139 Å². The van der Waals surface area contributed by atoms with E-state index in [9.17, 15) is 0 Å². The molecule has 0 unspecified atom stereocenters. The van der Waals surface area contributed by atoms with Crippen LogP contribution in [0.15, 0.2) is 53.7 Å². The maximum Gasteiger partial charge on any atom is 0.196 e. The Kier molecular flexibility index (Phi) is 4.50. The first kappa shape index (κ1) is 15.1. The van der Waals surface area contributed by atoms with Crippen LogP contribution >= 0.6 is 23.4 Å². The van der Waals surface area contributed by atoms with E-state index in [4.69, 9.17) is 11.6 Å². The lowest BCUT2D eigenvalue weighted by Crippen LogP contribution is -2.01.